The first-order valence-electron chi connectivity index (χ1n) is 2.85. The smallest absolute Gasteiger partial charge is 0.240 e. The predicted octanol–water partition coefficient (Wildman–Crippen LogP) is 0.112. The molecule has 0 spiro atoms. The van der Waals surface area contributed by atoms with E-state index >= 15 is 0 Å². The Morgan fingerprint density at radius 1 is 1.60 bits per heavy atom. The van der Waals surface area contributed by atoms with Crippen molar-refractivity contribution in [2.45, 2.75) is 0 Å². The molecule has 0 amide bonds. The quantitative estimate of drug-likeness (QED) is 0.555. The molecule has 0 aliphatic heterocycles. The molecule has 4 nitrogen and oxygen atoms in total. The van der Waals surface area contributed by atoms with E-state index in [1.54, 1.807) is 6.07 Å². The summed E-state index contributed by atoms with van der Waals surface area (Å²) in [5.41, 5.74) is 6.05. The van der Waals surface area contributed by atoms with Gasteiger partial charge in [-0.15, -0.1) is 5.10 Å². The van der Waals surface area contributed by atoms with Gasteiger partial charge in [0.05, 0.1) is 6.20 Å². The highest BCUT2D eigenvalue weighted by Gasteiger charge is 1.95. The minimum Gasteiger partial charge on any atom is -0.366 e. The molecular formula is C6H5N4. The van der Waals surface area contributed by atoms with Crippen LogP contribution in [0.1, 0.15) is 0 Å². The molecule has 0 saturated heterocycles. The van der Waals surface area contributed by atoms with Crippen molar-refractivity contribution in [1.29, 1.82) is 0 Å². The zero-order valence-corrected chi connectivity index (χ0v) is 5.15. The number of nitrogens with two attached hydrogens (primary N) is 1. The van der Waals surface area contributed by atoms with Crippen LogP contribution >= 0.6 is 0 Å². The van der Waals surface area contributed by atoms with Gasteiger partial charge in [-0.3, -0.25) is 0 Å². The second-order valence-corrected chi connectivity index (χ2v) is 1.89. The Kier molecular flexibility index (Phi) is 0.887. The van der Waals surface area contributed by atoms with Crippen LogP contribution in [0.4, 0.5) is 5.95 Å². The number of fused-ring (bicyclic) bond motifs is 1. The third-order valence-corrected chi connectivity index (χ3v) is 1.19. The SMILES string of the molecule is Nc1nc2ccc[c]n2n1. The molecule has 2 rings (SSSR count). The molecule has 2 heterocycles. The van der Waals surface area contributed by atoms with Gasteiger partial charge in [0.25, 0.3) is 0 Å². The van der Waals surface area contributed by atoms with E-state index in [0.717, 1.165) is 5.65 Å². The van der Waals surface area contributed by atoms with Crippen LogP contribution in [-0.4, -0.2) is 14.6 Å². The van der Waals surface area contributed by atoms with E-state index in [0.29, 0.717) is 0 Å². The van der Waals surface area contributed by atoms with E-state index < -0.39 is 0 Å². The zero-order valence-electron chi connectivity index (χ0n) is 5.15. The van der Waals surface area contributed by atoms with Gasteiger partial charge < -0.3 is 5.73 Å². The van der Waals surface area contributed by atoms with Gasteiger partial charge in [-0.1, -0.05) is 6.07 Å². The van der Waals surface area contributed by atoms with E-state index in [2.05, 4.69) is 16.3 Å². The summed E-state index contributed by atoms with van der Waals surface area (Å²) in [5, 5.41) is 3.84. The monoisotopic (exact) mass is 133 g/mol. The van der Waals surface area contributed by atoms with Crippen LogP contribution in [0.5, 0.6) is 0 Å². The van der Waals surface area contributed by atoms with Gasteiger partial charge in [-0.2, -0.15) is 4.98 Å². The molecular weight excluding hydrogens is 128 g/mol. The second-order valence-electron chi connectivity index (χ2n) is 1.89. The van der Waals surface area contributed by atoms with Crippen molar-refractivity contribution in [2.24, 2.45) is 0 Å². The Bertz CT molecular complexity index is 318. The molecule has 10 heavy (non-hydrogen) atoms. The number of pyridine rings is 1. The molecule has 2 aromatic rings. The Morgan fingerprint density at radius 2 is 2.50 bits per heavy atom. The van der Waals surface area contributed by atoms with E-state index in [1.165, 1.54) is 4.52 Å². The van der Waals surface area contributed by atoms with Gasteiger partial charge in [-0.05, 0) is 12.1 Å². The molecule has 2 N–H and O–H groups in total. The number of nitrogen functional groups attached to an aromatic ring is 1. The standard InChI is InChI=1S/C6H5N4/c7-6-8-5-3-1-2-4-10(5)9-6/h1-3H,(H2,7,9). The van der Waals surface area contributed by atoms with E-state index in [-0.39, 0.29) is 5.95 Å². The van der Waals surface area contributed by atoms with Crippen molar-refractivity contribution in [2.75, 3.05) is 5.73 Å². The number of hydrogen-bond donors (Lipinski definition) is 1. The fourth-order valence-electron chi connectivity index (χ4n) is 0.791. The van der Waals surface area contributed by atoms with E-state index in [9.17, 15) is 0 Å². The van der Waals surface area contributed by atoms with Crippen molar-refractivity contribution in [3.05, 3.63) is 24.4 Å². The van der Waals surface area contributed by atoms with Gasteiger partial charge >= 0.3 is 0 Å². The highest BCUT2D eigenvalue weighted by atomic mass is 15.3. The number of nitrogens with zero attached hydrogens (tertiary/aromatic N) is 3. The Morgan fingerprint density at radius 3 is 3.30 bits per heavy atom. The lowest BCUT2D eigenvalue weighted by atomic mass is 10.5. The zero-order chi connectivity index (χ0) is 6.97. The Balaban J connectivity index is 2.88. The first-order chi connectivity index (χ1) is 4.86. The molecule has 49 valence electrons. The summed E-state index contributed by atoms with van der Waals surface area (Å²) >= 11 is 0. The number of rotatable bonds is 0. The maximum Gasteiger partial charge on any atom is 0.240 e. The Hall–Kier alpha value is -1.58. The topological polar surface area (TPSA) is 56.2 Å². The largest absolute Gasteiger partial charge is 0.366 e. The molecule has 2 aromatic heterocycles. The summed E-state index contributed by atoms with van der Waals surface area (Å²) in [6.45, 7) is 0. The van der Waals surface area contributed by atoms with Gasteiger partial charge in [0.15, 0.2) is 5.65 Å². The van der Waals surface area contributed by atoms with Crippen molar-refractivity contribution in [3.63, 3.8) is 0 Å². The molecule has 1 radical (unpaired) electrons. The molecule has 4 heteroatoms. The summed E-state index contributed by atoms with van der Waals surface area (Å²) < 4.78 is 1.51. The second kappa shape index (κ2) is 1.70. The molecule has 0 fully saturated rings. The third kappa shape index (κ3) is 0.621. The summed E-state index contributed by atoms with van der Waals surface area (Å²) in [6, 6.07) is 5.41. The number of anilines is 1. The summed E-state index contributed by atoms with van der Waals surface area (Å²) in [6.07, 6.45) is 2.83. The minimum atomic E-state index is 0.280. The van der Waals surface area contributed by atoms with Crippen LogP contribution in [-0.2, 0) is 0 Å². The van der Waals surface area contributed by atoms with Crippen LogP contribution < -0.4 is 5.73 Å². The van der Waals surface area contributed by atoms with Crippen LogP contribution in [0, 0.1) is 6.20 Å². The van der Waals surface area contributed by atoms with Gasteiger partial charge in [-0.25, -0.2) is 4.52 Å². The van der Waals surface area contributed by atoms with Gasteiger partial charge in [0.2, 0.25) is 5.95 Å². The number of hydrogen-bond acceptors (Lipinski definition) is 3. The van der Waals surface area contributed by atoms with Crippen molar-refractivity contribution in [1.82, 2.24) is 14.6 Å². The molecule has 0 aromatic carbocycles. The van der Waals surface area contributed by atoms with Gasteiger partial charge in [0.1, 0.15) is 0 Å². The number of aromatic nitrogens is 3. The lowest BCUT2D eigenvalue weighted by molar-refractivity contribution is 0.959. The fourth-order valence-corrected chi connectivity index (χ4v) is 0.791. The highest BCUT2D eigenvalue weighted by molar-refractivity contribution is 5.40. The average Bonchev–Trinajstić information content (AvgIpc) is 2.27. The lowest BCUT2D eigenvalue weighted by Crippen LogP contribution is -1.88. The Labute approximate surface area is 57.3 Å². The molecule has 0 bridgehead atoms. The predicted molar refractivity (Wildman–Crippen MR) is 36.2 cm³/mol. The highest BCUT2D eigenvalue weighted by Crippen LogP contribution is 1.98. The first kappa shape index (κ1) is 5.22. The van der Waals surface area contributed by atoms with Crippen molar-refractivity contribution < 1.29 is 0 Å². The van der Waals surface area contributed by atoms with E-state index in [1.807, 2.05) is 12.1 Å². The molecule has 0 saturated carbocycles. The van der Waals surface area contributed by atoms with Crippen LogP contribution in [0.25, 0.3) is 5.65 Å². The van der Waals surface area contributed by atoms with Crippen LogP contribution in [0.3, 0.4) is 0 Å². The fraction of sp³-hybridized carbons (Fsp3) is 0. The molecule has 0 atom stereocenters. The summed E-state index contributed by atoms with van der Waals surface area (Å²) in [7, 11) is 0. The molecule has 0 unspecified atom stereocenters. The maximum atomic E-state index is 5.33. The molecule has 0 aliphatic rings. The minimum absolute atomic E-state index is 0.280. The van der Waals surface area contributed by atoms with Crippen molar-refractivity contribution in [3.8, 4) is 0 Å². The van der Waals surface area contributed by atoms with Crippen molar-refractivity contribution >= 4 is 11.6 Å². The maximum absolute atomic E-state index is 5.33. The summed E-state index contributed by atoms with van der Waals surface area (Å²) in [5.74, 6) is 0.280. The van der Waals surface area contributed by atoms with Crippen LogP contribution in [0.2, 0.25) is 0 Å². The lowest BCUT2D eigenvalue weighted by Gasteiger charge is -1.83. The first-order valence-corrected chi connectivity index (χ1v) is 2.85. The third-order valence-electron chi connectivity index (χ3n) is 1.19. The van der Waals surface area contributed by atoms with E-state index in [4.69, 9.17) is 5.73 Å². The normalized spacial score (nSPS) is 10.4. The molecule has 0 aliphatic carbocycles. The summed E-state index contributed by atoms with van der Waals surface area (Å²) in [4.78, 5) is 3.91. The van der Waals surface area contributed by atoms with Gasteiger partial charge in [0, 0.05) is 0 Å². The average molecular weight is 133 g/mol. The van der Waals surface area contributed by atoms with Crippen LogP contribution in [0.15, 0.2) is 18.2 Å².